The number of para-hydroxylation sites is 2. The van der Waals surface area contributed by atoms with E-state index in [1.54, 1.807) is 59.4 Å². The number of amides is 2. The van der Waals surface area contributed by atoms with Crippen LogP contribution in [0, 0.1) is 0 Å². The van der Waals surface area contributed by atoms with Gasteiger partial charge in [0.15, 0.2) is 5.75 Å². The summed E-state index contributed by atoms with van der Waals surface area (Å²) < 4.78 is 6.67. The number of aromatic nitrogens is 5. The molecule has 11 heteroatoms. The van der Waals surface area contributed by atoms with Gasteiger partial charge in [0, 0.05) is 23.5 Å². The molecule has 2 heterocycles. The number of benzene rings is 2. The van der Waals surface area contributed by atoms with Crippen LogP contribution in [0.15, 0.2) is 67.0 Å². The molecule has 0 spiro atoms. The van der Waals surface area contributed by atoms with Crippen LogP contribution >= 0.6 is 0 Å². The summed E-state index contributed by atoms with van der Waals surface area (Å²) in [4.78, 5) is 32.4. The molecule has 4 N–H and O–H groups in total. The molecule has 0 saturated carbocycles. The van der Waals surface area contributed by atoms with Gasteiger partial charge in [0.1, 0.15) is 5.69 Å². The second-order valence-corrected chi connectivity index (χ2v) is 7.52. The third-order valence-electron chi connectivity index (χ3n) is 4.71. The molecule has 0 aliphatic rings. The second kappa shape index (κ2) is 9.77. The molecule has 2 aromatic heterocycles. The molecule has 0 saturated heterocycles. The Kier molecular flexibility index (Phi) is 6.44. The van der Waals surface area contributed by atoms with Crippen molar-refractivity contribution in [1.29, 1.82) is 0 Å². The van der Waals surface area contributed by atoms with Crippen molar-refractivity contribution in [2.24, 2.45) is 5.73 Å². The van der Waals surface area contributed by atoms with E-state index >= 15 is 0 Å². The van der Waals surface area contributed by atoms with E-state index in [-0.39, 0.29) is 17.7 Å². The van der Waals surface area contributed by atoms with Gasteiger partial charge in [-0.15, -0.1) is 5.10 Å². The van der Waals surface area contributed by atoms with Crippen molar-refractivity contribution in [3.05, 3.63) is 72.6 Å². The van der Waals surface area contributed by atoms with Crippen molar-refractivity contribution >= 4 is 29.3 Å². The monoisotopic (exact) mass is 458 g/mol. The van der Waals surface area contributed by atoms with Crippen LogP contribution in [-0.4, -0.2) is 37.0 Å². The van der Waals surface area contributed by atoms with Gasteiger partial charge in [0.25, 0.3) is 5.91 Å². The van der Waals surface area contributed by atoms with Crippen molar-refractivity contribution in [3.8, 4) is 17.1 Å². The molecule has 4 aromatic rings. The lowest BCUT2D eigenvalue weighted by Gasteiger charge is -2.10. The minimum Gasteiger partial charge on any atom is -0.408 e. The first kappa shape index (κ1) is 22.4. The highest BCUT2D eigenvalue weighted by Crippen LogP contribution is 2.25. The number of ether oxygens (including phenoxy) is 1. The van der Waals surface area contributed by atoms with Gasteiger partial charge in [-0.25, -0.2) is 19.4 Å². The van der Waals surface area contributed by atoms with Gasteiger partial charge in [-0.05, 0) is 56.3 Å². The number of primary amides is 1. The molecule has 2 amide bonds. The quantitative estimate of drug-likeness (QED) is 0.379. The first-order valence-corrected chi connectivity index (χ1v) is 10.4. The summed E-state index contributed by atoms with van der Waals surface area (Å²) in [6.45, 7) is 4.03. The molecule has 0 atom stereocenters. The summed E-state index contributed by atoms with van der Waals surface area (Å²) in [5.74, 6) is 0.164. The van der Waals surface area contributed by atoms with E-state index in [1.807, 2.05) is 20.0 Å². The van der Waals surface area contributed by atoms with Gasteiger partial charge >= 0.3 is 6.09 Å². The smallest absolute Gasteiger partial charge is 0.408 e. The topological polar surface area (TPSA) is 150 Å². The summed E-state index contributed by atoms with van der Waals surface area (Å²) in [5.41, 5.74) is 7.77. The maximum absolute atomic E-state index is 12.6. The molecule has 0 fully saturated rings. The highest BCUT2D eigenvalue weighted by atomic mass is 16.5. The molecule has 0 aliphatic carbocycles. The third-order valence-corrected chi connectivity index (χ3v) is 4.71. The number of rotatable bonds is 7. The predicted molar refractivity (Wildman–Crippen MR) is 126 cm³/mol. The first-order valence-electron chi connectivity index (χ1n) is 10.4. The zero-order chi connectivity index (χ0) is 24.1. The van der Waals surface area contributed by atoms with E-state index in [9.17, 15) is 9.59 Å². The van der Waals surface area contributed by atoms with Crippen molar-refractivity contribution in [1.82, 2.24) is 25.0 Å². The molecule has 0 bridgehead atoms. The van der Waals surface area contributed by atoms with E-state index in [4.69, 9.17) is 10.5 Å². The van der Waals surface area contributed by atoms with E-state index in [0.29, 0.717) is 34.3 Å². The summed E-state index contributed by atoms with van der Waals surface area (Å²) >= 11 is 0. The zero-order valence-electron chi connectivity index (χ0n) is 18.5. The molecule has 2 aromatic carbocycles. The van der Waals surface area contributed by atoms with E-state index in [2.05, 4.69) is 30.9 Å². The number of nitrogens with two attached hydrogens (primary N) is 1. The highest BCUT2D eigenvalue weighted by Gasteiger charge is 2.12. The molecular weight excluding hydrogens is 436 g/mol. The molecule has 4 rings (SSSR count). The standard InChI is InChI=1S/C23H22N8O3/c1-14(2)31-13-19(29-30-31)17-11-12-25-23(28-17)26-16-9-7-15(8-10-16)21(32)27-18-5-3-4-6-20(18)34-22(24)33/h3-14H,1-2H3,(H2,24,33)(H,27,32)(H,25,26,28). The van der Waals surface area contributed by atoms with Gasteiger partial charge < -0.3 is 21.1 Å². The van der Waals surface area contributed by atoms with E-state index in [1.165, 1.54) is 6.07 Å². The van der Waals surface area contributed by atoms with Crippen molar-refractivity contribution in [2.45, 2.75) is 19.9 Å². The van der Waals surface area contributed by atoms with Gasteiger partial charge in [0.2, 0.25) is 5.95 Å². The fraction of sp³-hybridized carbons (Fsp3) is 0.130. The number of anilines is 3. The zero-order valence-corrected chi connectivity index (χ0v) is 18.5. The maximum atomic E-state index is 12.6. The number of hydrogen-bond donors (Lipinski definition) is 3. The minimum atomic E-state index is -0.965. The molecule has 0 aliphatic heterocycles. The van der Waals surface area contributed by atoms with E-state index < -0.39 is 6.09 Å². The second-order valence-electron chi connectivity index (χ2n) is 7.52. The Bertz CT molecular complexity index is 1320. The number of carbonyl (C=O) groups is 2. The lowest BCUT2D eigenvalue weighted by Crippen LogP contribution is -2.18. The lowest BCUT2D eigenvalue weighted by molar-refractivity contribution is 0.102. The first-order chi connectivity index (χ1) is 16.4. The van der Waals surface area contributed by atoms with Crippen LogP contribution in [0.1, 0.15) is 30.2 Å². The average molecular weight is 458 g/mol. The molecular formula is C23H22N8O3. The molecule has 11 nitrogen and oxygen atoms in total. The summed E-state index contributed by atoms with van der Waals surface area (Å²) in [6, 6.07) is 15.2. The minimum absolute atomic E-state index is 0.159. The highest BCUT2D eigenvalue weighted by molar-refractivity contribution is 6.05. The van der Waals surface area contributed by atoms with Gasteiger partial charge in [-0.2, -0.15) is 0 Å². The fourth-order valence-corrected chi connectivity index (χ4v) is 3.00. The Labute approximate surface area is 195 Å². The van der Waals surface area contributed by atoms with Gasteiger partial charge in [-0.3, -0.25) is 4.79 Å². The van der Waals surface area contributed by atoms with E-state index in [0.717, 1.165) is 0 Å². The van der Waals surface area contributed by atoms with Crippen LogP contribution in [0.4, 0.5) is 22.1 Å². The van der Waals surface area contributed by atoms with Crippen molar-refractivity contribution < 1.29 is 14.3 Å². The third kappa shape index (κ3) is 5.33. The lowest BCUT2D eigenvalue weighted by atomic mass is 10.2. The SMILES string of the molecule is CC(C)n1cc(-c2ccnc(Nc3ccc(C(=O)Nc4ccccc4OC(N)=O)cc3)n2)nn1. The Balaban J connectivity index is 1.44. The van der Waals surface area contributed by atoms with Gasteiger partial charge in [-0.1, -0.05) is 17.3 Å². The molecule has 34 heavy (non-hydrogen) atoms. The fourth-order valence-electron chi connectivity index (χ4n) is 3.00. The van der Waals surface area contributed by atoms with Crippen LogP contribution in [0.5, 0.6) is 5.75 Å². The van der Waals surface area contributed by atoms with Crippen LogP contribution in [0.3, 0.4) is 0 Å². The van der Waals surface area contributed by atoms with Crippen LogP contribution in [0.25, 0.3) is 11.4 Å². The van der Waals surface area contributed by atoms with Crippen LogP contribution in [0.2, 0.25) is 0 Å². The maximum Gasteiger partial charge on any atom is 0.410 e. The Hall–Kier alpha value is -4.80. The largest absolute Gasteiger partial charge is 0.410 e. The number of nitrogens with one attached hydrogen (secondary N) is 2. The van der Waals surface area contributed by atoms with Crippen molar-refractivity contribution in [3.63, 3.8) is 0 Å². The normalized spacial score (nSPS) is 10.7. The Morgan fingerprint density at radius 1 is 1.03 bits per heavy atom. The van der Waals surface area contributed by atoms with Crippen LogP contribution < -0.4 is 21.1 Å². The molecule has 0 unspecified atom stereocenters. The van der Waals surface area contributed by atoms with Crippen LogP contribution in [-0.2, 0) is 0 Å². The summed E-state index contributed by atoms with van der Waals surface area (Å²) in [5, 5.41) is 14.1. The average Bonchev–Trinajstić information content (AvgIpc) is 3.32. The number of hydrogen-bond acceptors (Lipinski definition) is 8. The number of carbonyl (C=O) groups excluding carboxylic acids is 2. The predicted octanol–water partition coefficient (Wildman–Crippen LogP) is 3.77. The molecule has 0 radical (unpaired) electrons. The molecule has 172 valence electrons. The van der Waals surface area contributed by atoms with Gasteiger partial charge in [0.05, 0.1) is 17.6 Å². The van der Waals surface area contributed by atoms with Crippen molar-refractivity contribution in [2.75, 3.05) is 10.6 Å². The summed E-state index contributed by atoms with van der Waals surface area (Å²) in [6.07, 6.45) is 2.50. The Morgan fingerprint density at radius 3 is 2.50 bits per heavy atom. The summed E-state index contributed by atoms with van der Waals surface area (Å²) in [7, 11) is 0. The Morgan fingerprint density at radius 2 is 1.79 bits per heavy atom. The number of nitrogens with zero attached hydrogens (tertiary/aromatic N) is 5.